The summed E-state index contributed by atoms with van der Waals surface area (Å²) in [7, 11) is 0. The number of hydrogen-bond donors (Lipinski definition) is 0. The molecule has 1 heterocycles. The van der Waals surface area contributed by atoms with Crippen molar-refractivity contribution in [3.63, 3.8) is 0 Å². The second-order valence-corrected chi connectivity index (χ2v) is 5.09. The molecule has 0 amide bonds. The van der Waals surface area contributed by atoms with E-state index in [4.69, 9.17) is 16.0 Å². The third-order valence-electron chi connectivity index (χ3n) is 3.06. The van der Waals surface area contributed by atoms with Gasteiger partial charge in [-0.05, 0) is 42.8 Å². The zero-order chi connectivity index (χ0) is 15.2. The van der Waals surface area contributed by atoms with Crippen LogP contribution < -0.4 is 0 Å². The molecule has 3 aromatic rings. The lowest BCUT2D eigenvalue weighted by atomic mass is 10.1. The molecule has 3 rings (SSSR count). The predicted octanol–water partition coefficient (Wildman–Crippen LogP) is 5.48. The summed E-state index contributed by atoms with van der Waals surface area (Å²) in [6.45, 7) is 1.90. The second kappa shape index (κ2) is 4.77. The number of benzene rings is 2. The van der Waals surface area contributed by atoms with E-state index in [1.807, 2.05) is 19.1 Å². The SMILES string of the molecule is Cc1ccc2oc(-c3ccc(Cl)c(C(F)(F)F)c3)nc2c1. The van der Waals surface area contributed by atoms with Gasteiger partial charge in [0.25, 0.3) is 0 Å². The first-order valence-corrected chi connectivity index (χ1v) is 6.47. The molecule has 0 bridgehead atoms. The fourth-order valence-corrected chi connectivity index (χ4v) is 2.26. The number of hydrogen-bond acceptors (Lipinski definition) is 2. The Labute approximate surface area is 123 Å². The fraction of sp³-hybridized carbons (Fsp3) is 0.133. The normalized spacial score (nSPS) is 12.0. The van der Waals surface area contributed by atoms with E-state index in [0.717, 1.165) is 11.6 Å². The Bertz CT molecular complexity index is 823. The summed E-state index contributed by atoms with van der Waals surface area (Å²) in [4.78, 5) is 4.22. The Hall–Kier alpha value is -2.01. The number of fused-ring (bicyclic) bond motifs is 1. The lowest BCUT2D eigenvalue weighted by Gasteiger charge is -2.09. The smallest absolute Gasteiger partial charge is 0.417 e. The van der Waals surface area contributed by atoms with Crippen molar-refractivity contribution < 1.29 is 17.6 Å². The quantitative estimate of drug-likeness (QED) is 0.595. The third kappa shape index (κ3) is 2.61. The Morgan fingerprint density at radius 1 is 1.10 bits per heavy atom. The predicted molar refractivity (Wildman–Crippen MR) is 74.2 cm³/mol. The summed E-state index contributed by atoms with van der Waals surface area (Å²) in [5.41, 5.74) is 1.46. The van der Waals surface area contributed by atoms with Crippen LogP contribution in [0.15, 0.2) is 40.8 Å². The Morgan fingerprint density at radius 2 is 1.86 bits per heavy atom. The molecule has 0 aliphatic rings. The van der Waals surface area contributed by atoms with Crippen molar-refractivity contribution in [2.24, 2.45) is 0 Å². The van der Waals surface area contributed by atoms with Gasteiger partial charge in [0.2, 0.25) is 5.89 Å². The number of oxazole rings is 1. The van der Waals surface area contributed by atoms with E-state index < -0.39 is 11.7 Å². The van der Waals surface area contributed by atoms with Crippen molar-refractivity contribution in [3.8, 4) is 11.5 Å². The standard InChI is InChI=1S/C15H9ClF3NO/c1-8-2-5-13-12(6-8)20-14(21-13)9-3-4-11(16)10(7-9)15(17,18)19/h2-7H,1H3. The average Bonchev–Trinajstić information content (AvgIpc) is 2.80. The first-order valence-electron chi connectivity index (χ1n) is 6.09. The van der Waals surface area contributed by atoms with Crippen molar-refractivity contribution in [1.29, 1.82) is 0 Å². The zero-order valence-electron chi connectivity index (χ0n) is 10.8. The largest absolute Gasteiger partial charge is 0.436 e. The van der Waals surface area contributed by atoms with Crippen molar-refractivity contribution in [3.05, 3.63) is 52.5 Å². The van der Waals surface area contributed by atoms with Crippen LogP contribution in [-0.4, -0.2) is 4.98 Å². The maximum Gasteiger partial charge on any atom is 0.417 e. The van der Waals surface area contributed by atoms with Gasteiger partial charge in [-0.25, -0.2) is 4.98 Å². The number of aryl methyl sites for hydroxylation is 1. The molecule has 2 aromatic carbocycles. The van der Waals surface area contributed by atoms with Gasteiger partial charge in [-0.3, -0.25) is 0 Å². The van der Waals surface area contributed by atoms with Gasteiger partial charge in [0.15, 0.2) is 5.58 Å². The molecule has 1 aromatic heterocycles. The molecule has 108 valence electrons. The van der Waals surface area contributed by atoms with Gasteiger partial charge in [0.1, 0.15) is 5.52 Å². The van der Waals surface area contributed by atoms with Crippen LogP contribution in [-0.2, 0) is 6.18 Å². The molecule has 0 saturated heterocycles. The van der Waals surface area contributed by atoms with Crippen LogP contribution in [0.3, 0.4) is 0 Å². The lowest BCUT2D eigenvalue weighted by Crippen LogP contribution is -2.05. The zero-order valence-corrected chi connectivity index (χ0v) is 11.6. The van der Waals surface area contributed by atoms with Crippen molar-refractivity contribution >= 4 is 22.7 Å². The molecule has 21 heavy (non-hydrogen) atoms. The summed E-state index contributed by atoms with van der Waals surface area (Å²) in [6.07, 6.45) is -4.52. The number of rotatable bonds is 1. The van der Waals surface area contributed by atoms with E-state index in [1.165, 1.54) is 12.1 Å². The number of aromatic nitrogens is 1. The molecule has 0 N–H and O–H groups in total. The minimum Gasteiger partial charge on any atom is -0.436 e. The number of alkyl halides is 3. The van der Waals surface area contributed by atoms with Crippen LogP contribution in [0.25, 0.3) is 22.6 Å². The molecular formula is C15H9ClF3NO. The Kier molecular flexibility index (Phi) is 3.17. The molecule has 0 radical (unpaired) electrons. The van der Waals surface area contributed by atoms with Crippen LogP contribution in [0, 0.1) is 6.92 Å². The molecule has 0 unspecified atom stereocenters. The molecule has 0 atom stereocenters. The van der Waals surface area contributed by atoms with Crippen molar-refractivity contribution in [2.75, 3.05) is 0 Å². The maximum atomic E-state index is 12.9. The van der Waals surface area contributed by atoms with E-state index in [0.29, 0.717) is 11.1 Å². The van der Waals surface area contributed by atoms with E-state index in [2.05, 4.69) is 4.98 Å². The summed E-state index contributed by atoms with van der Waals surface area (Å²) in [6, 6.07) is 8.99. The molecule has 0 saturated carbocycles. The molecular weight excluding hydrogens is 303 g/mol. The molecule has 0 aliphatic carbocycles. The highest BCUT2D eigenvalue weighted by atomic mass is 35.5. The van der Waals surface area contributed by atoms with Crippen LogP contribution in [0.4, 0.5) is 13.2 Å². The van der Waals surface area contributed by atoms with Crippen LogP contribution in [0.2, 0.25) is 5.02 Å². The minimum absolute atomic E-state index is 0.137. The topological polar surface area (TPSA) is 26.0 Å². The average molecular weight is 312 g/mol. The van der Waals surface area contributed by atoms with E-state index in [-0.39, 0.29) is 16.5 Å². The first-order chi connectivity index (χ1) is 9.84. The van der Waals surface area contributed by atoms with Gasteiger partial charge in [0, 0.05) is 5.56 Å². The van der Waals surface area contributed by atoms with Crippen molar-refractivity contribution in [2.45, 2.75) is 13.1 Å². The van der Waals surface area contributed by atoms with Crippen LogP contribution in [0.5, 0.6) is 0 Å². The fourth-order valence-electron chi connectivity index (χ4n) is 2.04. The monoisotopic (exact) mass is 311 g/mol. The Balaban J connectivity index is 2.14. The first kappa shape index (κ1) is 13.9. The molecule has 0 fully saturated rings. The summed E-state index contributed by atoms with van der Waals surface area (Å²) in [5, 5.41) is -0.349. The summed E-state index contributed by atoms with van der Waals surface area (Å²) in [5.74, 6) is 0.137. The molecule has 0 aliphatic heterocycles. The van der Waals surface area contributed by atoms with Crippen molar-refractivity contribution in [1.82, 2.24) is 4.98 Å². The number of nitrogens with zero attached hydrogens (tertiary/aromatic N) is 1. The molecule has 6 heteroatoms. The molecule has 0 spiro atoms. The van der Waals surface area contributed by atoms with Gasteiger partial charge in [-0.2, -0.15) is 13.2 Å². The summed E-state index contributed by atoms with van der Waals surface area (Å²) >= 11 is 5.60. The van der Waals surface area contributed by atoms with Gasteiger partial charge in [0.05, 0.1) is 10.6 Å². The highest BCUT2D eigenvalue weighted by molar-refractivity contribution is 6.31. The maximum absolute atomic E-state index is 12.9. The van der Waals surface area contributed by atoms with Gasteiger partial charge in [-0.15, -0.1) is 0 Å². The summed E-state index contributed by atoms with van der Waals surface area (Å²) < 4.78 is 44.1. The van der Waals surface area contributed by atoms with Crippen LogP contribution >= 0.6 is 11.6 Å². The molecule has 2 nitrogen and oxygen atoms in total. The second-order valence-electron chi connectivity index (χ2n) is 4.68. The highest BCUT2D eigenvalue weighted by Crippen LogP contribution is 2.37. The van der Waals surface area contributed by atoms with Crippen LogP contribution in [0.1, 0.15) is 11.1 Å². The van der Waals surface area contributed by atoms with E-state index in [1.54, 1.807) is 6.07 Å². The lowest BCUT2D eigenvalue weighted by molar-refractivity contribution is -0.137. The third-order valence-corrected chi connectivity index (χ3v) is 3.39. The van der Waals surface area contributed by atoms with Gasteiger partial charge >= 0.3 is 6.18 Å². The van der Waals surface area contributed by atoms with E-state index >= 15 is 0 Å². The highest BCUT2D eigenvalue weighted by Gasteiger charge is 2.33. The number of halogens is 4. The van der Waals surface area contributed by atoms with Gasteiger partial charge in [-0.1, -0.05) is 17.7 Å². The Morgan fingerprint density at radius 3 is 2.57 bits per heavy atom. The van der Waals surface area contributed by atoms with Gasteiger partial charge < -0.3 is 4.42 Å². The minimum atomic E-state index is -4.52. The van der Waals surface area contributed by atoms with E-state index in [9.17, 15) is 13.2 Å².